The van der Waals surface area contributed by atoms with Gasteiger partial charge in [-0.3, -0.25) is 4.31 Å². The van der Waals surface area contributed by atoms with E-state index in [1.807, 2.05) is 0 Å². The van der Waals surface area contributed by atoms with E-state index in [4.69, 9.17) is 21.1 Å². The number of rotatable bonds is 6. The van der Waals surface area contributed by atoms with Crippen LogP contribution in [0.4, 0.5) is 5.69 Å². The molecule has 0 saturated heterocycles. The number of benzene rings is 3. The minimum Gasteiger partial charge on any atom is -0.496 e. The normalized spacial score (nSPS) is 11.0. The number of halogens is 1. The van der Waals surface area contributed by atoms with Crippen LogP contribution in [0.5, 0.6) is 11.5 Å². The van der Waals surface area contributed by atoms with E-state index in [-0.39, 0.29) is 10.6 Å². The van der Waals surface area contributed by atoms with Gasteiger partial charge in [-0.1, -0.05) is 23.7 Å². The van der Waals surface area contributed by atoms with Crippen molar-refractivity contribution in [1.29, 1.82) is 0 Å². The molecule has 0 spiro atoms. The van der Waals surface area contributed by atoms with Gasteiger partial charge in [0.2, 0.25) is 0 Å². The number of hydrogen-bond donors (Lipinski definition) is 0. The van der Waals surface area contributed by atoms with Gasteiger partial charge in [-0.2, -0.15) is 0 Å². The third kappa shape index (κ3) is 4.52. The second-order valence-corrected chi connectivity index (χ2v) is 8.42. The van der Waals surface area contributed by atoms with Crippen molar-refractivity contribution >= 4 is 33.3 Å². The van der Waals surface area contributed by atoms with Gasteiger partial charge in [0.25, 0.3) is 10.0 Å². The van der Waals surface area contributed by atoms with Crippen LogP contribution in [0, 0.1) is 0 Å². The van der Waals surface area contributed by atoms with Crippen molar-refractivity contribution in [2.24, 2.45) is 0 Å². The van der Waals surface area contributed by atoms with Crippen LogP contribution in [0.25, 0.3) is 0 Å². The number of esters is 1. The minimum atomic E-state index is -3.75. The zero-order chi connectivity index (χ0) is 21.0. The number of carbonyl (C=O) groups excluding carboxylic acids is 1. The molecular formula is C21H18ClNO5S. The van der Waals surface area contributed by atoms with Gasteiger partial charge in [0, 0.05) is 12.1 Å². The highest BCUT2D eigenvalue weighted by atomic mass is 35.5. The molecule has 0 heterocycles. The standard InChI is InChI=1S/C21H18ClNO5S/c1-23(29(25,26)18-13-7-15(22)8-14-18)16-9-11-17(12-10-16)28-21(24)19-5-3-4-6-20(19)27-2/h3-14H,1-2H3. The number of nitrogens with zero attached hydrogens (tertiary/aromatic N) is 1. The summed E-state index contributed by atoms with van der Waals surface area (Å²) in [5, 5.41) is 0.452. The van der Waals surface area contributed by atoms with E-state index in [9.17, 15) is 13.2 Å². The summed E-state index contributed by atoms with van der Waals surface area (Å²) in [6.07, 6.45) is 0. The van der Waals surface area contributed by atoms with Crippen molar-refractivity contribution in [2.45, 2.75) is 4.90 Å². The molecule has 0 unspecified atom stereocenters. The van der Waals surface area contributed by atoms with E-state index < -0.39 is 16.0 Å². The molecule has 0 N–H and O–H groups in total. The zero-order valence-electron chi connectivity index (χ0n) is 15.7. The monoisotopic (exact) mass is 431 g/mol. The molecule has 0 bridgehead atoms. The highest BCUT2D eigenvalue weighted by Gasteiger charge is 2.21. The largest absolute Gasteiger partial charge is 0.496 e. The molecule has 0 aromatic heterocycles. The second kappa shape index (κ2) is 8.55. The third-order valence-corrected chi connectivity index (χ3v) is 6.26. The SMILES string of the molecule is COc1ccccc1C(=O)Oc1ccc(N(C)S(=O)(=O)c2ccc(Cl)cc2)cc1. The first kappa shape index (κ1) is 20.7. The molecule has 0 amide bonds. The molecule has 3 aromatic carbocycles. The van der Waals surface area contributed by atoms with Crippen molar-refractivity contribution in [3.05, 3.63) is 83.4 Å². The molecule has 0 aliphatic heterocycles. The van der Waals surface area contributed by atoms with Crippen molar-refractivity contribution in [3.63, 3.8) is 0 Å². The van der Waals surface area contributed by atoms with E-state index in [2.05, 4.69) is 0 Å². The average Bonchev–Trinajstić information content (AvgIpc) is 2.74. The lowest BCUT2D eigenvalue weighted by molar-refractivity contribution is 0.0731. The number of carbonyl (C=O) groups is 1. The number of ether oxygens (including phenoxy) is 2. The Kier molecular flexibility index (Phi) is 6.10. The Balaban J connectivity index is 1.77. The van der Waals surface area contributed by atoms with Gasteiger partial charge in [0.15, 0.2) is 0 Å². The first-order valence-electron chi connectivity index (χ1n) is 8.52. The Morgan fingerprint density at radius 1 is 0.931 bits per heavy atom. The summed E-state index contributed by atoms with van der Waals surface area (Å²) in [5.74, 6) is 0.113. The lowest BCUT2D eigenvalue weighted by atomic mass is 10.2. The van der Waals surface area contributed by atoms with Crippen molar-refractivity contribution in [1.82, 2.24) is 0 Å². The van der Waals surface area contributed by atoms with Gasteiger partial charge in [0.05, 0.1) is 17.7 Å². The highest BCUT2D eigenvalue weighted by molar-refractivity contribution is 7.92. The van der Waals surface area contributed by atoms with Crippen molar-refractivity contribution < 1.29 is 22.7 Å². The molecule has 6 nitrogen and oxygen atoms in total. The number of methoxy groups -OCH3 is 1. The molecule has 3 aromatic rings. The summed E-state index contributed by atoms with van der Waals surface area (Å²) in [6, 6.07) is 18.8. The van der Waals surface area contributed by atoms with Gasteiger partial charge in [-0.25, -0.2) is 13.2 Å². The topological polar surface area (TPSA) is 72.9 Å². The highest BCUT2D eigenvalue weighted by Crippen LogP contribution is 2.26. The second-order valence-electron chi connectivity index (χ2n) is 6.01. The first-order chi connectivity index (χ1) is 13.8. The smallest absolute Gasteiger partial charge is 0.347 e. The quantitative estimate of drug-likeness (QED) is 0.427. The Bertz CT molecular complexity index is 1110. The number of hydrogen-bond acceptors (Lipinski definition) is 5. The van der Waals surface area contributed by atoms with Crippen molar-refractivity contribution in [3.8, 4) is 11.5 Å². The van der Waals surface area contributed by atoms with Crippen LogP contribution in [0.2, 0.25) is 5.02 Å². The fraction of sp³-hybridized carbons (Fsp3) is 0.0952. The molecule has 0 saturated carbocycles. The molecule has 0 fully saturated rings. The number of para-hydroxylation sites is 1. The van der Waals surface area contributed by atoms with Crippen LogP contribution >= 0.6 is 11.6 Å². The van der Waals surface area contributed by atoms with E-state index >= 15 is 0 Å². The molecule has 0 aliphatic carbocycles. The fourth-order valence-corrected chi connectivity index (χ4v) is 3.92. The van der Waals surface area contributed by atoms with E-state index in [0.717, 1.165) is 4.31 Å². The summed E-state index contributed by atoms with van der Waals surface area (Å²) in [7, 11) is -0.832. The molecular weight excluding hydrogens is 414 g/mol. The maximum absolute atomic E-state index is 12.7. The van der Waals surface area contributed by atoms with Gasteiger partial charge < -0.3 is 9.47 Å². The van der Waals surface area contributed by atoms with E-state index in [1.54, 1.807) is 36.4 Å². The molecule has 8 heteroatoms. The van der Waals surface area contributed by atoms with Gasteiger partial charge in [-0.05, 0) is 60.7 Å². The van der Waals surface area contributed by atoms with Crippen LogP contribution < -0.4 is 13.8 Å². The molecule has 29 heavy (non-hydrogen) atoms. The predicted octanol–water partition coefficient (Wildman–Crippen LogP) is 4.39. The molecule has 150 valence electrons. The van der Waals surface area contributed by atoms with Crippen LogP contribution in [0.15, 0.2) is 77.7 Å². The Hall–Kier alpha value is -3.03. The Morgan fingerprint density at radius 3 is 2.17 bits per heavy atom. The third-order valence-electron chi connectivity index (χ3n) is 4.21. The average molecular weight is 432 g/mol. The number of sulfonamides is 1. The zero-order valence-corrected chi connectivity index (χ0v) is 17.3. The summed E-state index contributed by atoms with van der Waals surface area (Å²) < 4.78 is 37.2. The lowest BCUT2D eigenvalue weighted by Gasteiger charge is -2.19. The predicted molar refractivity (Wildman–Crippen MR) is 111 cm³/mol. The maximum Gasteiger partial charge on any atom is 0.347 e. The Labute approximate surface area is 174 Å². The summed E-state index contributed by atoms with van der Waals surface area (Å²) in [6.45, 7) is 0. The number of anilines is 1. The maximum atomic E-state index is 12.7. The summed E-state index contributed by atoms with van der Waals surface area (Å²) in [5.41, 5.74) is 0.707. The van der Waals surface area contributed by atoms with Crippen molar-refractivity contribution in [2.75, 3.05) is 18.5 Å². The summed E-state index contributed by atoms with van der Waals surface area (Å²) >= 11 is 5.82. The molecule has 0 radical (unpaired) electrons. The Morgan fingerprint density at radius 2 is 1.55 bits per heavy atom. The van der Waals surface area contributed by atoms with Crippen LogP contribution in [0.1, 0.15) is 10.4 Å². The first-order valence-corrected chi connectivity index (χ1v) is 10.3. The van der Waals surface area contributed by atoms with Crippen LogP contribution in [0.3, 0.4) is 0 Å². The minimum absolute atomic E-state index is 0.121. The van der Waals surface area contributed by atoms with Crippen LogP contribution in [-0.2, 0) is 10.0 Å². The summed E-state index contributed by atoms with van der Waals surface area (Å²) in [4.78, 5) is 12.5. The van der Waals surface area contributed by atoms with Gasteiger partial charge >= 0.3 is 5.97 Å². The van der Waals surface area contributed by atoms with Gasteiger partial charge in [-0.15, -0.1) is 0 Å². The molecule has 3 rings (SSSR count). The molecule has 0 atom stereocenters. The van der Waals surface area contributed by atoms with Crippen LogP contribution in [-0.4, -0.2) is 28.5 Å². The fourth-order valence-electron chi connectivity index (χ4n) is 2.60. The van der Waals surface area contributed by atoms with E-state index in [1.165, 1.54) is 50.6 Å². The van der Waals surface area contributed by atoms with E-state index in [0.29, 0.717) is 22.0 Å². The molecule has 0 aliphatic rings. The lowest BCUT2D eigenvalue weighted by Crippen LogP contribution is -2.26. The van der Waals surface area contributed by atoms with Gasteiger partial charge in [0.1, 0.15) is 17.1 Å².